The summed E-state index contributed by atoms with van der Waals surface area (Å²) in [5.41, 5.74) is -2.44. The van der Waals surface area contributed by atoms with Crippen LogP contribution in [-0.2, 0) is 16.2 Å². The minimum absolute atomic E-state index is 0.231. The molecule has 2 N–H and O–H groups in total. The summed E-state index contributed by atoms with van der Waals surface area (Å²) in [7, 11) is -4.45. The van der Waals surface area contributed by atoms with E-state index >= 15 is 0 Å². The zero-order chi connectivity index (χ0) is 13.4. The normalized spacial score (nSPS) is 12.5. The number of hydrogen-bond donors (Lipinski definition) is 1. The molecule has 10 heteroatoms. The van der Waals surface area contributed by atoms with E-state index in [2.05, 4.69) is 5.14 Å². The molecule has 94 valence electrons. The molecule has 0 radical (unpaired) electrons. The van der Waals surface area contributed by atoms with Gasteiger partial charge >= 0.3 is 6.18 Å². The van der Waals surface area contributed by atoms with E-state index in [4.69, 9.17) is 0 Å². The average Bonchev–Trinajstić information content (AvgIpc) is 2.14. The Morgan fingerprint density at radius 3 is 2.12 bits per heavy atom. The Morgan fingerprint density at radius 2 is 1.76 bits per heavy atom. The molecule has 1 rings (SSSR count). The van der Waals surface area contributed by atoms with Gasteiger partial charge in [0.2, 0.25) is 10.0 Å². The molecule has 17 heavy (non-hydrogen) atoms. The van der Waals surface area contributed by atoms with Crippen molar-refractivity contribution < 1.29 is 26.5 Å². The number of benzene rings is 1. The van der Waals surface area contributed by atoms with Crippen molar-refractivity contribution in [3.05, 3.63) is 33.9 Å². The first-order valence-electron chi connectivity index (χ1n) is 3.91. The summed E-state index contributed by atoms with van der Waals surface area (Å²) in [6, 6.07) is 0.932. The van der Waals surface area contributed by atoms with Crippen molar-refractivity contribution in [2.24, 2.45) is 5.14 Å². The van der Waals surface area contributed by atoms with Crippen molar-refractivity contribution in [2.45, 2.75) is 11.1 Å². The molecule has 0 spiro atoms. The fraction of sp³-hybridized carbons (Fsp3) is 0.143. The van der Waals surface area contributed by atoms with Gasteiger partial charge in [0, 0.05) is 12.1 Å². The number of nitro groups is 1. The number of hydrogen-bond acceptors (Lipinski definition) is 4. The van der Waals surface area contributed by atoms with Crippen molar-refractivity contribution in [3.8, 4) is 0 Å². The number of non-ortho nitro benzene ring substituents is 1. The van der Waals surface area contributed by atoms with E-state index in [9.17, 15) is 31.7 Å². The Bertz CT molecular complexity index is 567. The second-order valence-electron chi connectivity index (χ2n) is 3.02. The topological polar surface area (TPSA) is 103 Å². The average molecular weight is 270 g/mol. The van der Waals surface area contributed by atoms with Crippen LogP contribution in [0.1, 0.15) is 5.56 Å². The van der Waals surface area contributed by atoms with E-state index < -0.39 is 37.3 Å². The van der Waals surface area contributed by atoms with Gasteiger partial charge in [0.05, 0.1) is 15.4 Å². The third kappa shape index (κ3) is 3.14. The van der Waals surface area contributed by atoms with Gasteiger partial charge in [0.25, 0.3) is 5.69 Å². The maximum Gasteiger partial charge on any atom is 0.416 e. The fourth-order valence-corrected chi connectivity index (χ4v) is 1.59. The van der Waals surface area contributed by atoms with E-state index in [1.807, 2.05) is 0 Å². The minimum atomic E-state index is -4.90. The van der Waals surface area contributed by atoms with Crippen molar-refractivity contribution in [1.29, 1.82) is 0 Å². The smallest absolute Gasteiger partial charge is 0.258 e. The number of rotatable bonds is 2. The molecular formula is C7H5F3N2O4S. The van der Waals surface area contributed by atoms with Gasteiger partial charge in [0.15, 0.2) is 0 Å². The molecular weight excluding hydrogens is 265 g/mol. The number of nitrogens with two attached hydrogens (primary N) is 1. The highest BCUT2D eigenvalue weighted by Crippen LogP contribution is 2.33. The SMILES string of the molecule is NS(=O)(=O)c1cc([N+](=O)[O-])cc(C(F)(F)F)c1. The summed E-state index contributed by atoms with van der Waals surface area (Å²) in [6.45, 7) is 0. The monoisotopic (exact) mass is 270 g/mol. The zero-order valence-electron chi connectivity index (χ0n) is 7.93. The number of nitro benzene ring substituents is 1. The molecule has 0 saturated heterocycles. The highest BCUT2D eigenvalue weighted by Gasteiger charge is 2.33. The highest BCUT2D eigenvalue weighted by atomic mass is 32.2. The molecule has 0 unspecified atom stereocenters. The van der Waals surface area contributed by atoms with E-state index in [0.717, 1.165) is 0 Å². The van der Waals surface area contributed by atoms with Crippen molar-refractivity contribution in [2.75, 3.05) is 0 Å². The summed E-state index contributed by atoms with van der Waals surface area (Å²) < 4.78 is 58.8. The van der Waals surface area contributed by atoms with Crippen LogP contribution in [0.3, 0.4) is 0 Å². The standard InChI is InChI=1S/C7H5F3N2O4S/c8-7(9,10)4-1-5(12(13)14)3-6(2-4)17(11,15)16/h1-3H,(H2,11,15,16). The lowest BCUT2D eigenvalue weighted by molar-refractivity contribution is -0.385. The Hall–Kier alpha value is -1.68. The Labute approximate surface area is 93.0 Å². The summed E-state index contributed by atoms with van der Waals surface area (Å²) in [5, 5.41) is 15.0. The summed E-state index contributed by atoms with van der Waals surface area (Å²) >= 11 is 0. The second-order valence-corrected chi connectivity index (χ2v) is 4.58. The molecule has 6 nitrogen and oxygen atoms in total. The highest BCUT2D eigenvalue weighted by molar-refractivity contribution is 7.89. The first kappa shape index (κ1) is 13.4. The lowest BCUT2D eigenvalue weighted by Gasteiger charge is -2.07. The van der Waals surface area contributed by atoms with Crippen LogP contribution in [0.4, 0.5) is 18.9 Å². The number of primary sulfonamides is 1. The van der Waals surface area contributed by atoms with Gasteiger partial charge in [-0.05, 0) is 6.07 Å². The maximum absolute atomic E-state index is 12.3. The number of alkyl halides is 3. The quantitative estimate of drug-likeness (QED) is 0.645. The van der Waals surface area contributed by atoms with E-state index in [-0.39, 0.29) is 12.1 Å². The lowest BCUT2D eigenvalue weighted by atomic mass is 10.2. The van der Waals surface area contributed by atoms with Crippen LogP contribution in [0.15, 0.2) is 23.1 Å². The van der Waals surface area contributed by atoms with Gasteiger partial charge in [-0.1, -0.05) is 0 Å². The number of nitrogens with zero attached hydrogens (tertiary/aromatic N) is 1. The third-order valence-corrected chi connectivity index (χ3v) is 2.65. The van der Waals surface area contributed by atoms with Crippen molar-refractivity contribution in [1.82, 2.24) is 0 Å². The molecule has 0 fully saturated rings. The first-order chi connectivity index (χ1) is 7.51. The van der Waals surface area contributed by atoms with Gasteiger partial charge in [-0.25, -0.2) is 13.6 Å². The van der Waals surface area contributed by atoms with E-state index in [1.54, 1.807) is 0 Å². The van der Waals surface area contributed by atoms with Crippen LogP contribution < -0.4 is 5.14 Å². The molecule has 0 amide bonds. The molecule has 1 aromatic carbocycles. The number of sulfonamides is 1. The Balaban J connectivity index is 3.56. The molecule has 0 aliphatic heterocycles. The van der Waals surface area contributed by atoms with Gasteiger partial charge in [-0.2, -0.15) is 13.2 Å². The van der Waals surface area contributed by atoms with Gasteiger partial charge in [-0.15, -0.1) is 0 Å². The molecule has 0 aliphatic carbocycles. The molecule has 0 heterocycles. The Morgan fingerprint density at radius 1 is 1.24 bits per heavy atom. The van der Waals surface area contributed by atoms with Crippen LogP contribution in [0, 0.1) is 10.1 Å². The fourth-order valence-electron chi connectivity index (χ4n) is 1.02. The third-order valence-electron chi connectivity index (χ3n) is 1.76. The number of halogens is 3. The van der Waals surface area contributed by atoms with Gasteiger partial charge in [-0.3, -0.25) is 10.1 Å². The lowest BCUT2D eigenvalue weighted by Crippen LogP contribution is -2.14. The van der Waals surface area contributed by atoms with Crippen LogP contribution in [-0.4, -0.2) is 13.3 Å². The van der Waals surface area contributed by atoms with E-state index in [0.29, 0.717) is 6.07 Å². The molecule has 0 aromatic heterocycles. The molecule has 0 bridgehead atoms. The van der Waals surface area contributed by atoms with Crippen LogP contribution in [0.2, 0.25) is 0 Å². The van der Waals surface area contributed by atoms with Crippen LogP contribution >= 0.6 is 0 Å². The Kier molecular flexibility index (Phi) is 3.12. The van der Waals surface area contributed by atoms with Crippen LogP contribution in [0.5, 0.6) is 0 Å². The predicted molar refractivity (Wildman–Crippen MR) is 49.5 cm³/mol. The zero-order valence-corrected chi connectivity index (χ0v) is 8.75. The second kappa shape index (κ2) is 3.96. The largest absolute Gasteiger partial charge is 0.416 e. The van der Waals surface area contributed by atoms with Crippen molar-refractivity contribution >= 4 is 15.7 Å². The van der Waals surface area contributed by atoms with Crippen LogP contribution in [0.25, 0.3) is 0 Å². The molecule has 0 aliphatic rings. The summed E-state index contributed by atoms with van der Waals surface area (Å²) in [4.78, 5) is 8.27. The summed E-state index contributed by atoms with van der Waals surface area (Å²) in [6.07, 6.45) is -4.90. The predicted octanol–water partition coefficient (Wildman–Crippen LogP) is 1.26. The minimum Gasteiger partial charge on any atom is -0.258 e. The molecule has 0 atom stereocenters. The van der Waals surface area contributed by atoms with Gasteiger partial charge < -0.3 is 0 Å². The van der Waals surface area contributed by atoms with Gasteiger partial charge in [0.1, 0.15) is 0 Å². The molecule has 1 aromatic rings. The summed E-state index contributed by atoms with van der Waals surface area (Å²) in [5.74, 6) is 0. The van der Waals surface area contributed by atoms with Crippen molar-refractivity contribution in [3.63, 3.8) is 0 Å². The first-order valence-corrected chi connectivity index (χ1v) is 5.46. The molecule has 0 saturated carbocycles. The maximum atomic E-state index is 12.3. The van der Waals surface area contributed by atoms with E-state index in [1.165, 1.54) is 0 Å².